The molecule has 1 aromatic heterocycles. The Kier molecular flexibility index (Phi) is 5.60. The summed E-state index contributed by atoms with van der Waals surface area (Å²) in [6, 6.07) is 18.3. The molecule has 1 heterocycles. The number of aromatic nitrogens is 1. The third-order valence-corrected chi connectivity index (χ3v) is 5.05. The van der Waals surface area contributed by atoms with Gasteiger partial charge in [0.25, 0.3) is 16.9 Å². The van der Waals surface area contributed by atoms with Crippen LogP contribution in [0.5, 0.6) is 0 Å². The number of nitrogens with one attached hydrogen (secondary N) is 1. The maximum absolute atomic E-state index is 13.1. The molecule has 9 heteroatoms. The highest BCUT2D eigenvalue weighted by atomic mass is 16.6. The van der Waals surface area contributed by atoms with Gasteiger partial charge in [0, 0.05) is 40.7 Å². The molecule has 0 radical (unpaired) electrons. The number of allylic oxidation sites excluding steroid dienone is 1. The van der Waals surface area contributed by atoms with Crippen LogP contribution in [-0.4, -0.2) is 20.6 Å². The zero-order valence-electron chi connectivity index (χ0n) is 16.9. The Labute approximate surface area is 185 Å². The number of H-pyrrole nitrogens is 1. The van der Waals surface area contributed by atoms with Crippen molar-refractivity contribution >= 4 is 34.1 Å². The number of nitro groups is 2. The third-order valence-electron chi connectivity index (χ3n) is 5.05. The van der Waals surface area contributed by atoms with Crippen LogP contribution in [0.15, 0.2) is 83.7 Å². The number of pyridine rings is 1. The Morgan fingerprint density at radius 3 is 2.12 bits per heavy atom. The summed E-state index contributed by atoms with van der Waals surface area (Å²) in [5.41, 5.74) is 0.686. The van der Waals surface area contributed by atoms with E-state index in [-0.39, 0.29) is 22.5 Å². The van der Waals surface area contributed by atoms with Gasteiger partial charge in [-0.25, -0.2) is 0 Å². The Balaban J connectivity index is 1.88. The molecule has 0 fully saturated rings. The maximum Gasteiger partial charge on any atom is 0.270 e. The molecule has 0 bridgehead atoms. The van der Waals surface area contributed by atoms with Crippen molar-refractivity contribution in [2.45, 2.75) is 0 Å². The van der Waals surface area contributed by atoms with E-state index in [9.17, 15) is 29.8 Å². The van der Waals surface area contributed by atoms with Crippen LogP contribution in [-0.2, 0) is 0 Å². The predicted octanol–water partition coefficient (Wildman–Crippen LogP) is 4.91. The summed E-state index contributed by atoms with van der Waals surface area (Å²) in [4.78, 5) is 49.7. The van der Waals surface area contributed by atoms with Crippen LogP contribution >= 0.6 is 0 Å². The second-order valence-corrected chi connectivity index (χ2v) is 7.10. The molecular formula is C24H15N3O6. The molecule has 0 atom stereocenters. The zero-order chi connectivity index (χ0) is 23.5. The highest BCUT2D eigenvalue weighted by Crippen LogP contribution is 2.32. The van der Waals surface area contributed by atoms with Gasteiger partial charge in [0.2, 0.25) is 0 Å². The van der Waals surface area contributed by atoms with Crippen molar-refractivity contribution in [2.24, 2.45) is 0 Å². The number of carbonyl (C=O) groups is 1. The minimum Gasteiger partial charge on any atom is -0.321 e. The number of non-ortho nitro benzene ring substituents is 2. The molecule has 9 nitrogen and oxygen atoms in total. The summed E-state index contributed by atoms with van der Waals surface area (Å²) < 4.78 is 0. The van der Waals surface area contributed by atoms with Gasteiger partial charge in [-0.1, -0.05) is 36.4 Å². The van der Waals surface area contributed by atoms with Crippen molar-refractivity contribution in [3.8, 4) is 11.1 Å². The van der Waals surface area contributed by atoms with Crippen LogP contribution in [0, 0.1) is 20.2 Å². The summed E-state index contributed by atoms with van der Waals surface area (Å²) >= 11 is 0. The number of fused-ring (bicyclic) bond motifs is 1. The van der Waals surface area contributed by atoms with Gasteiger partial charge in [-0.2, -0.15) is 0 Å². The van der Waals surface area contributed by atoms with E-state index in [1.54, 1.807) is 30.3 Å². The Morgan fingerprint density at radius 2 is 1.48 bits per heavy atom. The van der Waals surface area contributed by atoms with Crippen LogP contribution in [0.2, 0.25) is 0 Å². The average molecular weight is 441 g/mol. The second kappa shape index (κ2) is 8.67. The van der Waals surface area contributed by atoms with Crippen molar-refractivity contribution in [3.63, 3.8) is 0 Å². The quantitative estimate of drug-likeness (QED) is 0.195. The minimum absolute atomic E-state index is 0.0857. The van der Waals surface area contributed by atoms with Gasteiger partial charge in [0.15, 0.2) is 5.78 Å². The first-order chi connectivity index (χ1) is 15.8. The zero-order valence-corrected chi connectivity index (χ0v) is 16.9. The molecule has 1 N–H and O–H groups in total. The fourth-order valence-electron chi connectivity index (χ4n) is 3.50. The Hall–Kier alpha value is -4.92. The van der Waals surface area contributed by atoms with Gasteiger partial charge in [-0.3, -0.25) is 29.8 Å². The first-order valence-corrected chi connectivity index (χ1v) is 9.72. The van der Waals surface area contributed by atoms with E-state index in [1.165, 1.54) is 54.6 Å². The van der Waals surface area contributed by atoms with Gasteiger partial charge in [0.05, 0.1) is 15.4 Å². The monoisotopic (exact) mass is 441 g/mol. The lowest BCUT2D eigenvalue weighted by molar-refractivity contribution is -0.385. The van der Waals surface area contributed by atoms with E-state index in [4.69, 9.17) is 0 Å². The number of carbonyl (C=O) groups excluding carboxylic acids is 1. The van der Waals surface area contributed by atoms with Crippen LogP contribution < -0.4 is 5.56 Å². The maximum atomic E-state index is 13.1. The van der Waals surface area contributed by atoms with E-state index in [2.05, 4.69) is 4.98 Å². The molecule has 3 aromatic carbocycles. The molecule has 4 aromatic rings. The predicted molar refractivity (Wildman–Crippen MR) is 123 cm³/mol. The van der Waals surface area contributed by atoms with Crippen LogP contribution in [0.1, 0.15) is 15.9 Å². The van der Waals surface area contributed by atoms with Gasteiger partial charge in [0.1, 0.15) is 0 Å². The number of aromatic amines is 1. The highest BCUT2D eigenvalue weighted by Gasteiger charge is 2.21. The lowest BCUT2D eigenvalue weighted by Crippen LogP contribution is -2.18. The van der Waals surface area contributed by atoms with Crippen molar-refractivity contribution in [1.82, 2.24) is 4.98 Å². The van der Waals surface area contributed by atoms with E-state index >= 15 is 0 Å². The number of benzene rings is 3. The molecule has 0 aliphatic heterocycles. The van der Waals surface area contributed by atoms with E-state index in [0.717, 1.165) is 0 Å². The fourth-order valence-corrected chi connectivity index (χ4v) is 3.50. The highest BCUT2D eigenvalue weighted by molar-refractivity contribution is 6.15. The molecule has 0 spiro atoms. The molecular weight excluding hydrogens is 426 g/mol. The first-order valence-electron chi connectivity index (χ1n) is 9.72. The SMILES string of the molecule is O=C(/C=C/c1ccc([N+](=O)[O-])cc1)c1c(-c2ccccc2)c2cc([N+](=O)[O-])ccc2[nH]c1=O. The first kappa shape index (κ1) is 21.3. The van der Waals surface area contributed by atoms with Crippen LogP contribution in [0.3, 0.4) is 0 Å². The third kappa shape index (κ3) is 4.28. The molecule has 33 heavy (non-hydrogen) atoms. The smallest absolute Gasteiger partial charge is 0.270 e. The topological polar surface area (TPSA) is 136 Å². The van der Waals surface area contributed by atoms with Crippen molar-refractivity contribution in [2.75, 3.05) is 0 Å². The molecule has 4 rings (SSSR count). The average Bonchev–Trinajstić information content (AvgIpc) is 2.82. The fraction of sp³-hybridized carbons (Fsp3) is 0. The molecule has 0 amide bonds. The normalized spacial score (nSPS) is 11.0. The summed E-state index contributed by atoms with van der Waals surface area (Å²) in [6.45, 7) is 0. The molecule has 162 valence electrons. The number of rotatable bonds is 6. The standard InChI is InChI=1S/C24H15N3O6/c28-21(13-8-15-6-9-17(10-7-15)26(30)31)23-22(16-4-2-1-3-5-16)19-14-18(27(32)33)11-12-20(19)25-24(23)29/h1-14H,(H,25,29)/b13-8+. The van der Waals surface area contributed by atoms with Crippen molar-refractivity contribution in [1.29, 1.82) is 0 Å². The minimum atomic E-state index is -0.631. The number of hydrogen-bond acceptors (Lipinski definition) is 6. The van der Waals surface area contributed by atoms with E-state index in [1.807, 2.05) is 0 Å². The van der Waals surface area contributed by atoms with E-state index in [0.29, 0.717) is 22.0 Å². The summed E-state index contributed by atoms with van der Waals surface area (Å²) in [5, 5.41) is 22.5. The van der Waals surface area contributed by atoms with Crippen molar-refractivity contribution < 1.29 is 14.6 Å². The lowest BCUT2D eigenvalue weighted by Gasteiger charge is -2.11. The Morgan fingerprint density at radius 1 is 0.848 bits per heavy atom. The van der Waals surface area contributed by atoms with E-state index < -0.39 is 21.2 Å². The summed E-state index contributed by atoms with van der Waals surface area (Å²) in [6.07, 6.45) is 2.64. The lowest BCUT2D eigenvalue weighted by atomic mass is 9.93. The van der Waals surface area contributed by atoms with Crippen LogP contribution in [0.4, 0.5) is 11.4 Å². The van der Waals surface area contributed by atoms with Gasteiger partial charge < -0.3 is 4.98 Å². The second-order valence-electron chi connectivity index (χ2n) is 7.10. The molecule has 0 aliphatic rings. The van der Waals surface area contributed by atoms with Gasteiger partial charge in [-0.05, 0) is 35.4 Å². The Bertz CT molecular complexity index is 1490. The van der Waals surface area contributed by atoms with Crippen molar-refractivity contribution in [3.05, 3.63) is 121 Å². The van der Waals surface area contributed by atoms with Gasteiger partial charge in [-0.15, -0.1) is 0 Å². The van der Waals surface area contributed by atoms with Crippen LogP contribution in [0.25, 0.3) is 28.1 Å². The molecule has 0 unspecified atom stereocenters. The number of nitro benzene ring substituents is 2. The molecule has 0 saturated carbocycles. The van der Waals surface area contributed by atoms with Gasteiger partial charge >= 0.3 is 0 Å². The largest absolute Gasteiger partial charge is 0.321 e. The molecule has 0 saturated heterocycles. The molecule has 0 aliphatic carbocycles. The number of ketones is 1. The summed E-state index contributed by atoms with van der Waals surface area (Å²) in [5.74, 6) is -0.609. The number of hydrogen-bond donors (Lipinski definition) is 1. The summed E-state index contributed by atoms with van der Waals surface area (Å²) in [7, 11) is 0. The number of nitrogens with zero attached hydrogens (tertiary/aromatic N) is 2.